The van der Waals surface area contributed by atoms with Gasteiger partial charge in [-0.1, -0.05) is 50.5 Å². The molecule has 0 radical (unpaired) electrons. The molecule has 7 heteroatoms. The molecule has 0 spiro atoms. The lowest BCUT2D eigenvalue weighted by molar-refractivity contribution is -0.0500. The van der Waals surface area contributed by atoms with Gasteiger partial charge in [0.05, 0.1) is 0 Å². The van der Waals surface area contributed by atoms with Gasteiger partial charge in [-0.2, -0.15) is 21.6 Å². The highest BCUT2D eigenvalue weighted by atomic mass is 32.2. The van der Waals surface area contributed by atoms with Crippen molar-refractivity contribution in [2.24, 2.45) is 17.8 Å². The molecule has 0 aromatic heterocycles. The summed E-state index contributed by atoms with van der Waals surface area (Å²) in [5.41, 5.74) is -4.18. The van der Waals surface area contributed by atoms with Crippen LogP contribution in [0.3, 0.4) is 0 Å². The summed E-state index contributed by atoms with van der Waals surface area (Å²) in [5.74, 6) is 2.74. The van der Waals surface area contributed by atoms with Crippen LogP contribution in [0.5, 0.6) is 5.75 Å². The minimum Gasteiger partial charge on any atom is -0.376 e. The maximum atomic E-state index is 12.6. The average Bonchev–Trinajstić information content (AvgIpc) is 2.72. The fourth-order valence-corrected chi connectivity index (χ4v) is 6.13. The molecule has 31 heavy (non-hydrogen) atoms. The van der Waals surface area contributed by atoms with Crippen molar-refractivity contribution in [3.63, 3.8) is 0 Å². The predicted octanol–water partition coefficient (Wildman–Crippen LogP) is 7.17. The lowest BCUT2D eigenvalue weighted by Crippen LogP contribution is -2.30. The summed E-state index contributed by atoms with van der Waals surface area (Å²) >= 11 is 0. The third kappa shape index (κ3) is 4.86. The number of halogens is 3. The molecule has 0 N–H and O–H groups in total. The Hall–Kier alpha value is -1.76. The Morgan fingerprint density at radius 3 is 2.35 bits per heavy atom. The molecule has 2 fully saturated rings. The molecule has 4 rings (SSSR count). The van der Waals surface area contributed by atoms with E-state index in [0.717, 1.165) is 23.1 Å². The number of benzene rings is 2. The number of alkyl halides is 3. The number of hydrogen-bond acceptors (Lipinski definition) is 3. The van der Waals surface area contributed by atoms with Gasteiger partial charge in [0.25, 0.3) is 0 Å². The predicted molar refractivity (Wildman–Crippen MR) is 115 cm³/mol. The minimum atomic E-state index is -5.66. The van der Waals surface area contributed by atoms with Gasteiger partial charge in [0.15, 0.2) is 0 Å². The standard InChI is InChI=1S/C24H29F3O3S/c1-2-3-16-4-5-18-13-19(7-6-17(18)12-16)20-8-9-22-15-23(11-10-21(22)14-20)30-31(28,29)24(25,26)27/h8-11,14-19H,2-7,12-13H2,1H3. The first-order valence-corrected chi connectivity index (χ1v) is 12.6. The molecule has 2 aliphatic rings. The fourth-order valence-electron chi connectivity index (χ4n) is 5.68. The van der Waals surface area contributed by atoms with Gasteiger partial charge in [-0.25, -0.2) is 0 Å². The van der Waals surface area contributed by atoms with E-state index in [1.54, 1.807) is 6.07 Å². The zero-order valence-corrected chi connectivity index (χ0v) is 18.5. The molecule has 170 valence electrons. The average molecular weight is 455 g/mol. The Morgan fingerprint density at radius 1 is 0.935 bits per heavy atom. The molecule has 2 aromatic carbocycles. The molecule has 0 saturated heterocycles. The van der Waals surface area contributed by atoms with E-state index in [0.29, 0.717) is 11.3 Å². The summed E-state index contributed by atoms with van der Waals surface area (Å²) in [6.07, 6.45) is 10.3. The summed E-state index contributed by atoms with van der Waals surface area (Å²) < 4.78 is 64.4. The van der Waals surface area contributed by atoms with Crippen molar-refractivity contribution in [2.75, 3.05) is 0 Å². The number of rotatable bonds is 5. The maximum Gasteiger partial charge on any atom is 0.534 e. The van der Waals surface area contributed by atoms with E-state index < -0.39 is 15.6 Å². The van der Waals surface area contributed by atoms with Crippen LogP contribution in [-0.4, -0.2) is 13.9 Å². The van der Waals surface area contributed by atoms with E-state index in [9.17, 15) is 21.6 Å². The van der Waals surface area contributed by atoms with Crippen LogP contribution < -0.4 is 4.18 Å². The summed E-state index contributed by atoms with van der Waals surface area (Å²) in [6.45, 7) is 2.27. The molecule has 0 amide bonds. The van der Waals surface area contributed by atoms with Gasteiger partial charge in [0.2, 0.25) is 0 Å². The van der Waals surface area contributed by atoms with Crippen LogP contribution in [0.15, 0.2) is 36.4 Å². The SMILES string of the molecule is CCCC1CCC2CC(c3ccc4cc(OS(=O)(=O)C(F)(F)F)ccc4c3)CCC2C1. The molecular weight excluding hydrogens is 425 g/mol. The molecular formula is C24H29F3O3S. The van der Waals surface area contributed by atoms with Crippen molar-refractivity contribution < 1.29 is 25.8 Å². The topological polar surface area (TPSA) is 43.4 Å². The third-order valence-electron chi connectivity index (χ3n) is 7.22. The lowest BCUT2D eigenvalue weighted by atomic mass is 9.63. The van der Waals surface area contributed by atoms with Crippen LogP contribution in [0.2, 0.25) is 0 Å². The first-order valence-electron chi connectivity index (χ1n) is 11.2. The van der Waals surface area contributed by atoms with Crippen molar-refractivity contribution in [3.8, 4) is 5.75 Å². The van der Waals surface area contributed by atoms with Crippen LogP contribution in [0.1, 0.15) is 69.8 Å². The summed E-state index contributed by atoms with van der Waals surface area (Å²) in [4.78, 5) is 0. The van der Waals surface area contributed by atoms with E-state index in [-0.39, 0.29) is 5.75 Å². The van der Waals surface area contributed by atoms with Crippen LogP contribution in [0.25, 0.3) is 10.8 Å². The molecule has 0 bridgehead atoms. The highest BCUT2D eigenvalue weighted by molar-refractivity contribution is 7.88. The molecule has 2 aliphatic carbocycles. The third-order valence-corrected chi connectivity index (χ3v) is 8.19. The Morgan fingerprint density at radius 2 is 1.61 bits per heavy atom. The normalized spacial score (nSPS) is 27.1. The molecule has 2 aromatic rings. The first-order chi connectivity index (χ1) is 14.7. The van der Waals surface area contributed by atoms with Crippen molar-refractivity contribution in [3.05, 3.63) is 42.0 Å². The smallest absolute Gasteiger partial charge is 0.376 e. The monoisotopic (exact) mass is 454 g/mol. The summed E-state index contributed by atoms with van der Waals surface area (Å²) in [6, 6.07) is 10.2. The number of hydrogen-bond donors (Lipinski definition) is 0. The zero-order valence-electron chi connectivity index (χ0n) is 17.7. The zero-order chi connectivity index (χ0) is 22.2. The molecule has 0 heterocycles. The largest absolute Gasteiger partial charge is 0.534 e. The first kappa shape index (κ1) is 22.4. The number of fused-ring (bicyclic) bond motifs is 2. The van der Waals surface area contributed by atoms with Gasteiger partial charge < -0.3 is 4.18 Å². The van der Waals surface area contributed by atoms with Crippen LogP contribution >= 0.6 is 0 Å². The van der Waals surface area contributed by atoms with Crippen LogP contribution in [0.4, 0.5) is 13.2 Å². The van der Waals surface area contributed by atoms with Crippen molar-refractivity contribution in [1.82, 2.24) is 0 Å². The summed E-state index contributed by atoms with van der Waals surface area (Å²) in [7, 11) is -5.66. The Balaban J connectivity index is 1.47. The fraction of sp³-hybridized carbons (Fsp3) is 0.583. The quantitative estimate of drug-likeness (QED) is 0.355. The van der Waals surface area contributed by atoms with Crippen molar-refractivity contribution in [1.29, 1.82) is 0 Å². The van der Waals surface area contributed by atoms with E-state index in [2.05, 4.69) is 17.2 Å². The second-order valence-corrected chi connectivity index (χ2v) is 10.8. The van der Waals surface area contributed by atoms with Gasteiger partial charge in [0, 0.05) is 0 Å². The van der Waals surface area contributed by atoms with E-state index in [1.807, 2.05) is 12.1 Å². The summed E-state index contributed by atoms with van der Waals surface area (Å²) in [5, 5.41) is 1.54. The minimum absolute atomic E-state index is 0.332. The Labute approximate surface area is 182 Å². The highest BCUT2D eigenvalue weighted by Gasteiger charge is 2.48. The van der Waals surface area contributed by atoms with E-state index in [4.69, 9.17) is 0 Å². The van der Waals surface area contributed by atoms with Gasteiger partial charge in [-0.15, -0.1) is 0 Å². The van der Waals surface area contributed by atoms with Gasteiger partial charge >= 0.3 is 15.6 Å². The molecule has 3 nitrogen and oxygen atoms in total. The Bertz CT molecular complexity index is 1030. The second-order valence-electron chi connectivity index (χ2n) is 9.25. The van der Waals surface area contributed by atoms with Gasteiger partial charge in [-0.3, -0.25) is 0 Å². The van der Waals surface area contributed by atoms with Crippen molar-refractivity contribution in [2.45, 2.75) is 69.7 Å². The maximum absolute atomic E-state index is 12.6. The lowest BCUT2D eigenvalue weighted by Gasteiger charge is -2.42. The Kier molecular flexibility index (Phi) is 6.25. The van der Waals surface area contributed by atoms with Crippen molar-refractivity contribution >= 4 is 20.9 Å². The molecule has 0 aliphatic heterocycles. The van der Waals surface area contributed by atoms with Gasteiger partial charge in [0.1, 0.15) is 5.75 Å². The van der Waals surface area contributed by atoms with E-state index >= 15 is 0 Å². The van der Waals surface area contributed by atoms with Gasteiger partial charge in [-0.05, 0) is 84.2 Å². The van der Waals surface area contributed by atoms with E-state index in [1.165, 1.54) is 69.1 Å². The van der Waals surface area contributed by atoms with Crippen LogP contribution in [0, 0.1) is 17.8 Å². The highest BCUT2D eigenvalue weighted by Crippen LogP contribution is 2.48. The molecule has 2 saturated carbocycles. The molecule has 4 unspecified atom stereocenters. The van der Waals surface area contributed by atoms with Crippen LogP contribution in [-0.2, 0) is 10.1 Å². The second kappa shape index (κ2) is 8.64. The molecule has 4 atom stereocenters.